The van der Waals surface area contributed by atoms with Crippen LogP contribution in [-0.2, 0) is 4.79 Å². The molecule has 4 N–H and O–H groups in total. The van der Waals surface area contributed by atoms with Gasteiger partial charge in [0.25, 0.3) is 0 Å². The molecule has 0 bridgehead atoms. The van der Waals surface area contributed by atoms with Gasteiger partial charge in [0.05, 0.1) is 6.61 Å². The molecule has 0 fully saturated rings. The smallest absolute Gasteiger partial charge is 1.00 e. The number of hydrogen-bond acceptors (Lipinski definition) is 5. The standard InChI is InChI=1S/C5H10O5.ClH.Na/c6-1-3(8)5(10)4(9)2-7;;/h1,3-5,7-10H,2H2;1H;/q;;+1/p-1. The molecule has 0 aromatic rings. The molecule has 0 saturated heterocycles. The van der Waals surface area contributed by atoms with Crippen LogP contribution in [0.2, 0.25) is 0 Å². The van der Waals surface area contributed by atoms with E-state index in [-0.39, 0.29) is 48.3 Å². The van der Waals surface area contributed by atoms with Crippen LogP contribution in [0.25, 0.3) is 0 Å². The molecule has 7 heteroatoms. The van der Waals surface area contributed by atoms with E-state index in [2.05, 4.69) is 0 Å². The minimum Gasteiger partial charge on any atom is -1.00 e. The fourth-order valence-electron chi connectivity index (χ4n) is 0.416. The van der Waals surface area contributed by atoms with Crippen LogP contribution in [0.3, 0.4) is 0 Å². The first-order chi connectivity index (χ1) is 4.63. The third-order valence-corrected chi connectivity index (χ3v) is 1.07. The number of aliphatic hydroxyl groups is 4. The van der Waals surface area contributed by atoms with Crippen molar-refractivity contribution in [2.24, 2.45) is 0 Å². The molecule has 0 aliphatic rings. The van der Waals surface area contributed by atoms with E-state index in [0.717, 1.165) is 0 Å². The summed E-state index contributed by atoms with van der Waals surface area (Å²) < 4.78 is 0. The Kier molecular flexibility index (Phi) is 15.3. The number of rotatable bonds is 4. The Morgan fingerprint density at radius 2 is 1.67 bits per heavy atom. The van der Waals surface area contributed by atoms with E-state index in [1.54, 1.807) is 0 Å². The summed E-state index contributed by atoms with van der Waals surface area (Å²) in [7, 11) is 0. The first-order valence-electron chi connectivity index (χ1n) is 2.73. The van der Waals surface area contributed by atoms with Crippen molar-refractivity contribution >= 4 is 6.29 Å². The molecule has 0 heterocycles. The van der Waals surface area contributed by atoms with E-state index in [0.29, 0.717) is 0 Å². The minimum atomic E-state index is -1.64. The van der Waals surface area contributed by atoms with E-state index in [1.165, 1.54) is 0 Å². The molecule has 3 atom stereocenters. The van der Waals surface area contributed by atoms with Gasteiger partial charge < -0.3 is 37.6 Å². The van der Waals surface area contributed by atoms with Gasteiger partial charge in [0.2, 0.25) is 0 Å². The van der Waals surface area contributed by atoms with Gasteiger partial charge in [0.1, 0.15) is 18.3 Å². The van der Waals surface area contributed by atoms with Crippen molar-refractivity contribution in [1.82, 2.24) is 0 Å². The number of aliphatic hydroxyl groups excluding tert-OH is 4. The fourth-order valence-corrected chi connectivity index (χ4v) is 0.416. The maximum atomic E-state index is 9.76. The Morgan fingerprint density at radius 3 is 1.92 bits per heavy atom. The first-order valence-corrected chi connectivity index (χ1v) is 2.73. The maximum absolute atomic E-state index is 9.76. The van der Waals surface area contributed by atoms with Crippen LogP contribution in [-0.4, -0.2) is 51.6 Å². The van der Waals surface area contributed by atoms with Crippen molar-refractivity contribution in [2.75, 3.05) is 6.61 Å². The predicted molar refractivity (Wildman–Crippen MR) is 31.2 cm³/mol. The number of hydrogen-bond donors (Lipinski definition) is 4. The van der Waals surface area contributed by atoms with E-state index in [9.17, 15) is 4.79 Å². The summed E-state index contributed by atoms with van der Waals surface area (Å²) in [5.74, 6) is 0. The Bertz CT molecular complexity index is 114. The van der Waals surface area contributed by atoms with Crippen molar-refractivity contribution < 1.29 is 67.2 Å². The normalized spacial score (nSPS) is 16.3. The Hall–Kier alpha value is 0.800. The molecule has 0 spiro atoms. The Morgan fingerprint density at radius 1 is 1.25 bits per heavy atom. The van der Waals surface area contributed by atoms with Crippen LogP contribution in [0.1, 0.15) is 0 Å². The largest absolute Gasteiger partial charge is 1.00 e. The molecule has 68 valence electrons. The molecule has 0 saturated carbocycles. The summed E-state index contributed by atoms with van der Waals surface area (Å²) >= 11 is 0. The van der Waals surface area contributed by atoms with Gasteiger partial charge in [-0.3, -0.25) is 0 Å². The third kappa shape index (κ3) is 6.33. The SMILES string of the molecule is O=CC(O)C(O)C(O)CO.[Cl-].[Na+]. The summed E-state index contributed by atoms with van der Waals surface area (Å²) in [5.41, 5.74) is 0. The monoisotopic (exact) mass is 208 g/mol. The molecule has 0 radical (unpaired) electrons. The van der Waals surface area contributed by atoms with Gasteiger partial charge in [0, 0.05) is 0 Å². The molecule has 0 aliphatic heterocycles. The van der Waals surface area contributed by atoms with E-state index >= 15 is 0 Å². The van der Waals surface area contributed by atoms with Crippen molar-refractivity contribution in [1.29, 1.82) is 0 Å². The van der Waals surface area contributed by atoms with E-state index in [1.807, 2.05) is 0 Å². The van der Waals surface area contributed by atoms with Crippen molar-refractivity contribution in [3.8, 4) is 0 Å². The first kappa shape index (κ1) is 18.6. The molecule has 0 aromatic carbocycles. The van der Waals surface area contributed by atoms with Gasteiger partial charge in [-0.2, -0.15) is 0 Å². The van der Waals surface area contributed by atoms with Crippen LogP contribution in [0.5, 0.6) is 0 Å². The summed E-state index contributed by atoms with van der Waals surface area (Å²) in [6.07, 6.45) is -4.63. The average Bonchev–Trinajstić information content (AvgIpc) is 2.00. The van der Waals surface area contributed by atoms with Gasteiger partial charge in [-0.05, 0) is 0 Å². The quantitative estimate of drug-likeness (QED) is 0.272. The molecule has 0 aliphatic carbocycles. The van der Waals surface area contributed by atoms with Crippen LogP contribution < -0.4 is 42.0 Å². The number of halogens is 1. The molecular formula is C5H10ClNaO5. The number of carbonyl (C=O) groups excluding carboxylic acids is 1. The van der Waals surface area contributed by atoms with Crippen LogP contribution >= 0.6 is 0 Å². The summed E-state index contributed by atoms with van der Waals surface area (Å²) in [6.45, 7) is -0.688. The molecule has 3 unspecified atom stereocenters. The number of carbonyl (C=O) groups is 1. The van der Waals surface area contributed by atoms with E-state index < -0.39 is 24.9 Å². The zero-order valence-electron chi connectivity index (χ0n) is 6.59. The minimum absolute atomic E-state index is 0. The second kappa shape index (κ2) is 9.88. The summed E-state index contributed by atoms with van der Waals surface area (Å²) in [5, 5.41) is 34.1. The fraction of sp³-hybridized carbons (Fsp3) is 0.800. The summed E-state index contributed by atoms with van der Waals surface area (Å²) in [6, 6.07) is 0. The maximum Gasteiger partial charge on any atom is 1.00 e. The van der Waals surface area contributed by atoms with Crippen molar-refractivity contribution in [3.63, 3.8) is 0 Å². The Labute approximate surface area is 98.1 Å². The zero-order chi connectivity index (χ0) is 8.15. The van der Waals surface area contributed by atoms with Gasteiger partial charge in [-0.1, -0.05) is 0 Å². The molecule has 5 nitrogen and oxygen atoms in total. The zero-order valence-corrected chi connectivity index (χ0v) is 9.35. The predicted octanol–water partition coefficient (Wildman–Crippen LogP) is -8.73. The molecule has 0 amide bonds. The summed E-state index contributed by atoms with van der Waals surface area (Å²) in [4.78, 5) is 9.76. The molecular weight excluding hydrogens is 198 g/mol. The van der Waals surface area contributed by atoms with Gasteiger partial charge in [-0.15, -0.1) is 0 Å². The van der Waals surface area contributed by atoms with Gasteiger partial charge in [0.15, 0.2) is 6.29 Å². The average molecular weight is 209 g/mol. The second-order valence-corrected chi connectivity index (χ2v) is 1.87. The third-order valence-electron chi connectivity index (χ3n) is 1.07. The van der Waals surface area contributed by atoms with Crippen molar-refractivity contribution in [2.45, 2.75) is 18.3 Å². The van der Waals surface area contributed by atoms with Crippen LogP contribution in [0, 0.1) is 0 Å². The van der Waals surface area contributed by atoms with Crippen LogP contribution in [0.4, 0.5) is 0 Å². The topological polar surface area (TPSA) is 98.0 Å². The second-order valence-electron chi connectivity index (χ2n) is 1.87. The molecule has 12 heavy (non-hydrogen) atoms. The van der Waals surface area contributed by atoms with E-state index in [4.69, 9.17) is 20.4 Å². The van der Waals surface area contributed by atoms with Crippen molar-refractivity contribution in [3.05, 3.63) is 0 Å². The van der Waals surface area contributed by atoms with Gasteiger partial charge in [-0.25, -0.2) is 0 Å². The van der Waals surface area contributed by atoms with Gasteiger partial charge >= 0.3 is 29.6 Å². The molecule has 0 rings (SSSR count). The Balaban J connectivity index is -0.000000405. The number of aldehydes is 1. The molecule has 0 aromatic heterocycles. The van der Waals surface area contributed by atoms with Crippen LogP contribution in [0.15, 0.2) is 0 Å².